The molecule has 162 valence electrons. The van der Waals surface area contributed by atoms with Gasteiger partial charge in [0.1, 0.15) is 17.1 Å². The third kappa shape index (κ3) is 4.25. The van der Waals surface area contributed by atoms with Crippen LogP contribution in [0.1, 0.15) is 32.8 Å². The molecule has 0 unspecified atom stereocenters. The predicted octanol–water partition coefficient (Wildman–Crippen LogP) is 5.75. The van der Waals surface area contributed by atoms with Crippen LogP contribution in [0, 0.1) is 26.6 Å². The number of fused-ring (bicyclic) bond motifs is 1. The highest BCUT2D eigenvalue weighted by Crippen LogP contribution is 2.32. The van der Waals surface area contributed by atoms with Crippen LogP contribution in [-0.4, -0.2) is 18.3 Å². The fourth-order valence-corrected chi connectivity index (χ4v) is 3.32. The number of amides is 1. The number of ketones is 1. The molecular weight excluding hydrogens is 409 g/mol. The van der Waals surface area contributed by atoms with Gasteiger partial charge in [-0.05, 0) is 67.8 Å². The van der Waals surface area contributed by atoms with E-state index in [0.29, 0.717) is 22.3 Å². The summed E-state index contributed by atoms with van der Waals surface area (Å²) in [5, 5.41) is 3.31. The van der Waals surface area contributed by atoms with Gasteiger partial charge in [0, 0.05) is 10.9 Å². The summed E-state index contributed by atoms with van der Waals surface area (Å²) in [6.45, 7) is 5.33. The SMILES string of the molecule is Cc1ccc(OCC(=O)Nc2c(C(=O)c3ccc(C)c(F)c3)oc3ccccc23)cc1C. The lowest BCUT2D eigenvalue weighted by Crippen LogP contribution is -2.21. The van der Waals surface area contributed by atoms with E-state index in [-0.39, 0.29) is 23.6 Å². The fourth-order valence-electron chi connectivity index (χ4n) is 3.32. The largest absolute Gasteiger partial charge is 0.484 e. The van der Waals surface area contributed by atoms with Crippen LogP contribution in [0.5, 0.6) is 5.75 Å². The second-order valence-corrected chi connectivity index (χ2v) is 7.68. The van der Waals surface area contributed by atoms with Crippen molar-refractivity contribution in [2.24, 2.45) is 0 Å². The van der Waals surface area contributed by atoms with Gasteiger partial charge in [0.25, 0.3) is 5.91 Å². The first kappa shape index (κ1) is 21.3. The first-order valence-corrected chi connectivity index (χ1v) is 10.2. The topological polar surface area (TPSA) is 68.5 Å². The zero-order valence-corrected chi connectivity index (χ0v) is 18.0. The monoisotopic (exact) mass is 431 g/mol. The van der Waals surface area contributed by atoms with Crippen LogP contribution in [0.15, 0.2) is 65.1 Å². The highest BCUT2D eigenvalue weighted by atomic mass is 19.1. The number of aryl methyl sites for hydroxylation is 3. The quantitative estimate of drug-likeness (QED) is 0.395. The number of ether oxygens (including phenoxy) is 1. The third-order valence-corrected chi connectivity index (χ3v) is 5.35. The molecule has 3 aromatic carbocycles. The summed E-state index contributed by atoms with van der Waals surface area (Å²) in [5.41, 5.74) is 3.43. The highest BCUT2D eigenvalue weighted by molar-refractivity contribution is 6.17. The molecule has 1 heterocycles. The number of para-hydroxylation sites is 1. The molecule has 6 heteroatoms. The summed E-state index contributed by atoms with van der Waals surface area (Å²) < 4.78 is 25.4. The smallest absolute Gasteiger partial charge is 0.262 e. The molecule has 0 saturated heterocycles. The number of benzene rings is 3. The molecule has 0 fully saturated rings. The van der Waals surface area contributed by atoms with Gasteiger partial charge in [0.05, 0.1) is 5.69 Å². The third-order valence-electron chi connectivity index (χ3n) is 5.35. The number of anilines is 1. The Morgan fingerprint density at radius 1 is 0.938 bits per heavy atom. The molecule has 0 atom stereocenters. The number of carbonyl (C=O) groups excluding carboxylic acids is 2. The molecule has 0 saturated carbocycles. The lowest BCUT2D eigenvalue weighted by atomic mass is 10.0. The van der Waals surface area contributed by atoms with Crippen molar-refractivity contribution in [2.75, 3.05) is 11.9 Å². The number of hydrogen-bond donors (Lipinski definition) is 1. The Balaban J connectivity index is 1.61. The van der Waals surface area contributed by atoms with Crippen LogP contribution >= 0.6 is 0 Å². The van der Waals surface area contributed by atoms with E-state index in [1.165, 1.54) is 18.2 Å². The van der Waals surface area contributed by atoms with Gasteiger partial charge in [-0.15, -0.1) is 0 Å². The maximum Gasteiger partial charge on any atom is 0.262 e. The zero-order valence-electron chi connectivity index (χ0n) is 18.0. The van der Waals surface area contributed by atoms with E-state index < -0.39 is 17.5 Å². The molecule has 0 aliphatic carbocycles. The Kier molecular flexibility index (Phi) is 5.77. The molecule has 0 aliphatic heterocycles. The number of nitrogens with one attached hydrogen (secondary N) is 1. The summed E-state index contributed by atoms with van der Waals surface area (Å²) >= 11 is 0. The Hall–Kier alpha value is -3.93. The predicted molar refractivity (Wildman–Crippen MR) is 121 cm³/mol. The lowest BCUT2D eigenvalue weighted by Gasteiger charge is -2.09. The minimum Gasteiger partial charge on any atom is -0.484 e. The Labute approximate surface area is 184 Å². The minimum absolute atomic E-state index is 0.0611. The highest BCUT2D eigenvalue weighted by Gasteiger charge is 2.24. The summed E-state index contributed by atoms with van der Waals surface area (Å²) in [7, 11) is 0. The van der Waals surface area contributed by atoms with Crippen molar-refractivity contribution in [3.05, 3.63) is 94.5 Å². The first-order chi connectivity index (χ1) is 15.3. The van der Waals surface area contributed by atoms with Gasteiger partial charge in [-0.25, -0.2) is 4.39 Å². The van der Waals surface area contributed by atoms with Crippen molar-refractivity contribution in [1.29, 1.82) is 0 Å². The first-order valence-electron chi connectivity index (χ1n) is 10.2. The molecule has 32 heavy (non-hydrogen) atoms. The number of carbonyl (C=O) groups is 2. The molecule has 1 amide bonds. The molecule has 4 rings (SSSR count). The van der Waals surface area contributed by atoms with Gasteiger partial charge in [0.2, 0.25) is 5.78 Å². The van der Waals surface area contributed by atoms with Crippen molar-refractivity contribution in [1.82, 2.24) is 0 Å². The van der Waals surface area contributed by atoms with E-state index in [1.807, 2.05) is 26.0 Å². The fraction of sp³-hybridized carbons (Fsp3) is 0.154. The molecular formula is C26H22FNO4. The van der Waals surface area contributed by atoms with E-state index in [2.05, 4.69) is 5.32 Å². The average Bonchev–Trinajstić information content (AvgIpc) is 3.14. The van der Waals surface area contributed by atoms with Gasteiger partial charge in [0.15, 0.2) is 12.4 Å². The molecule has 0 radical (unpaired) electrons. The normalized spacial score (nSPS) is 10.9. The minimum atomic E-state index is -0.523. The number of halogens is 1. The molecule has 0 bridgehead atoms. The van der Waals surface area contributed by atoms with Gasteiger partial charge in [-0.3, -0.25) is 9.59 Å². The van der Waals surface area contributed by atoms with Crippen molar-refractivity contribution in [3.8, 4) is 5.75 Å². The van der Waals surface area contributed by atoms with Crippen molar-refractivity contribution in [2.45, 2.75) is 20.8 Å². The molecule has 5 nitrogen and oxygen atoms in total. The van der Waals surface area contributed by atoms with Gasteiger partial charge < -0.3 is 14.5 Å². The Bertz CT molecular complexity index is 1340. The summed E-state index contributed by atoms with van der Waals surface area (Å²) in [5.74, 6) is -0.940. The summed E-state index contributed by atoms with van der Waals surface area (Å²) in [6, 6.07) is 16.8. The van der Waals surface area contributed by atoms with Crippen molar-refractivity contribution >= 4 is 28.3 Å². The molecule has 0 aliphatic rings. The van der Waals surface area contributed by atoms with Crippen molar-refractivity contribution in [3.63, 3.8) is 0 Å². The standard InChI is InChI=1S/C26H22FNO4/c1-15-9-11-19(12-17(15)3)31-14-23(29)28-24-20-6-4-5-7-22(20)32-26(24)25(30)18-10-8-16(2)21(27)13-18/h4-13H,14H2,1-3H3,(H,28,29). The van der Waals surface area contributed by atoms with Crippen LogP contribution in [0.25, 0.3) is 11.0 Å². The van der Waals surface area contributed by atoms with Gasteiger partial charge >= 0.3 is 0 Å². The van der Waals surface area contributed by atoms with Crippen LogP contribution in [0.4, 0.5) is 10.1 Å². The summed E-state index contributed by atoms with van der Waals surface area (Å²) in [4.78, 5) is 25.7. The lowest BCUT2D eigenvalue weighted by molar-refractivity contribution is -0.118. The van der Waals surface area contributed by atoms with Crippen LogP contribution < -0.4 is 10.1 Å². The molecule has 0 spiro atoms. The average molecular weight is 431 g/mol. The molecule has 1 aromatic heterocycles. The van der Waals surface area contributed by atoms with Crippen molar-refractivity contribution < 1.29 is 23.1 Å². The van der Waals surface area contributed by atoms with Crippen LogP contribution in [0.3, 0.4) is 0 Å². The van der Waals surface area contributed by atoms with E-state index in [4.69, 9.17) is 9.15 Å². The van der Waals surface area contributed by atoms with Crippen LogP contribution in [0.2, 0.25) is 0 Å². The molecule has 4 aromatic rings. The van der Waals surface area contributed by atoms with E-state index >= 15 is 0 Å². The number of hydrogen-bond acceptors (Lipinski definition) is 4. The number of furan rings is 1. The maximum atomic E-state index is 14.0. The second kappa shape index (κ2) is 8.67. The van der Waals surface area contributed by atoms with E-state index in [9.17, 15) is 14.0 Å². The second-order valence-electron chi connectivity index (χ2n) is 7.68. The summed E-state index contributed by atoms with van der Waals surface area (Å²) in [6.07, 6.45) is 0. The van der Waals surface area contributed by atoms with Gasteiger partial charge in [-0.1, -0.05) is 30.3 Å². The zero-order chi connectivity index (χ0) is 22.8. The van der Waals surface area contributed by atoms with Crippen LogP contribution in [-0.2, 0) is 4.79 Å². The Morgan fingerprint density at radius 2 is 1.69 bits per heavy atom. The maximum absolute atomic E-state index is 14.0. The Morgan fingerprint density at radius 3 is 2.44 bits per heavy atom. The van der Waals surface area contributed by atoms with E-state index in [1.54, 1.807) is 37.3 Å². The number of rotatable bonds is 6. The van der Waals surface area contributed by atoms with E-state index in [0.717, 1.165) is 11.1 Å². The molecule has 1 N–H and O–H groups in total. The van der Waals surface area contributed by atoms with Gasteiger partial charge in [-0.2, -0.15) is 0 Å².